The molecule has 0 saturated carbocycles. The van der Waals surface area contributed by atoms with Crippen molar-refractivity contribution in [1.29, 1.82) is 0 Å². The third kappa shape index (κ3) is 3.28. The van der Waals surface area contributed by atoms with E-state index in [-0.39, 0.29) is 17.6 Å². The lowest BCUT2D eigenvalue weighted by molar-refractivity contribution is 0.0530. The molecule has 6 nitrogen and oxygen atoms in total. The van der Waals surface area contributed by atoms with Crippen molar-refractivity contribution in [2.24, 2.45) is 5.92 Å². The highest BCUT2D eigenvalue weighted by atomic mass is 32.2. The number of nitrogens with zero attached hydrogens (tertiary/aromatic N) is 2. The molecule has 0 unspecified atom stereocenters. The van der Waals surface area contributed by atoms with Gasteiger partial charge in [0.25, 0.3) is 5.91 Å². The van der Waals surface area contributed by atoms with E-state index >= 15 is 0 Å². The fourth-order valence-electron chi connectivity index (χ4n) is 2.63. The van der Waals surface area contributed by atoms with Gasteiger partial charge in [0.15, 0.2) is 0 Å². The van der Waals surface area contributed by atoms with E-state index in [1.165, 1.54) is 15.6 Å². The maximum Gasteiger partial charge on any atom is 0.263 e. The van der Waals surface area contributed by atoms with Crippen LogP contribution < -0.4 is 0 Å². The quantitative estimate of drug-likeness (QED) is 0.805. The van der Waals surface area contributed by atoms with Crippen LogP contribution in [0.4, 0.5) is 0 Å². The number of sulfonamides is 1. The number of carbonyl (C=O) groups excluding carboxylic acids is 1. The molecule has 0 spiro atoms. The van der Waals surface area contributed by atoms with Gasteiger partial charge in [-0.3, -0.25) is 4.79 Å². The number of likely N-dealkylation sites (tertiary alicyclic amines) is 1. The molecule has 0 N–H and O–H groups in total. The molecule has 2 aliphatic heterocycles. The summed E-state index contributed by atoms with van der Waals surface area (Å²) in [6.07, 6.45) is 0. The van der Waals surface area contributed by atoms with E-state index in [1.807, 2.05) is 11.4 Å². The average Bonchev–Trinajstić information content (AvgIpc) is 2.97. The number of rotatable bonds is 4. The lowest BCUT2D eigenvalue weighted by Crippen LogP contribution is -2.54. The Morgan fingerprint density at radius 1 is 1.33 bits per heavy atom. The minimum absolute atomic E-state index is 0.00465. The van der Waals surface area contributed by atoms with E-state index in [2.05, 4.69) is 0 Å². The second kappa shape index (κ2) is 6.04. The summed E-state index contributed by atoms with van der Waals surface area (Å²) < 4.78 is 31.2. The number of carbonyl (C=O) groups is 1. The van der Waals surface area contributed by atoms with Crippen LogP contribution in [0.15, 0.2) is 17.5 Å². The van der Waals surface area contributed by atoms with Crippen LogP contribution in [0, 0.1) is 5.92 Å². The zero-order valence-corrected chi connectivity index (χ0v) is 13.2. The molecule has 0 aromatic carbocycles. The lowest BCUT2D eigenvalue weighted by Gasteiger charge is -2.39. The van der Waals surface area contributed by atoms with Gasteiger partial charge in [0.05, 0.1) is 23.8 Å². The predicted octanol–water partition coefficient (Wildman–Crippen LogP) is 0.482. The highest BCUT2D eigenvalue weighted by Gasteiger charge is 2.36. The molecule has 1 amide bonds. The molecule has 1 aromatic rings. The van der Waals surface area contributed by atoms with E-state index in [9.17, 15) is 13.2 Å². The van der Waals surface area contributed by atoms with E-state index in [1.54, 1.807) is 11.0 Å². The Morgan fingerprint density at radius 3 is 2.67 bits per heavy atom. The third-order valence-corrected chi connectivity index (χ3v) is 6.69. The number of thiophene rings is 1. The van der Waals surface area contributed by atoms with Gasteiger partial charge in [-0.05, 0) is 11.4 Å². The summed E-state index contributed by atoms with van der Waals surface area (Å²) in [7, 11) is -3.23. The Labute approximate surface area is 128 Å². The first-order valence-electron chi connectivity index (χ1n) is 6.94. The fourth-order valence-corrected chi connectivity index (χ4v) is 5.04. The van der Waals surface area contributed by atoms with Crippen LogP contribution in [-0.2, 0) is 14.8 Å². The molecule has 1 aromatic heterocycles. The molecule has 21 heavy (non-hydrogen) atoms. The Kier molecular flexibility index (Phi) is 4.30. The highest BCUT2D eigenvalue weighted by molar-refractivity contribution is 7.89. The first-order chi connectivity index (χ1) is 10.1. The standard InChI is InChI=1S/C13H18N2O4S2/c16-13(12-2-1-7-20-12)14-8-11(9-14)10-21(17,18)15-3-5-19-6-4-15/h1-2,7,11H,3-6,8-10H2. The van der Waals surface area contributed by atoms with Gasteiger partial charge in [0, 0.05) is 32.1 Å². The Hall–Kier alpha value is -0.960. The van der Waals surface area contributed by atoms with Crippen molar-refractivity contribution < 1.29 is 17.9 Å². The molecule has 2 aliphatic rings. The fraction of sp³-hybridized carbons (Fsp3) is 0.615. The highest BCUT2D eigenvalue weighted by Crippen LogP contribution is 2.23. The van der Waals surface area contributed by atoms with Crippen molar-refractivity contribution in [1.82, 2.24) is 9.21 Å². The second-order valence-electron chi connectivity index (χ2n) is 5.34. The van der Waals surface area contributed by atoms with Gasteiger partial charge in [-0.2, -0.15) is 4.31 Å². The van der Waals surface area contributed by atoms with Crippen LogP contribution in [0.1, 0.15) is 9.67 Å². The summed E-state index contributed by atoms with van der Waals surface area (Å²) in [4.78, 5) is 14.5. The number of morpholine rings is 1. The van der Waals surface area contributed by atoms with E-state index in [0.717, 1.165) is 0 Å². The van der Waals surface area contributed by atoms with Gasteiger partial charge >= 0.3 is 0 Å². The molecular formula is C13H18N2O4S2. The summed E-state index contributed by atoms with van der Waals surface area (Å²) in [5.41, 5.74) is 0. The summed E-state index contributed by atoms with van der Waals surface area (Å²) in [6, 6.07) is 3.64. The minimum Gasteiger partial charge on any atom is -0.379 e. The number of amides is 1. The first kappa shape index (κ1) is 15.0. The maximum absolute atomic E-state index is 12.3. The van der Waals surface area contributed by atoms with Gasteiger partial charge in [-0.25, -0.2) is 8.42 Å². The van der Waals surface area contributed by atoms with E-state index < -0.39 is 10.0 Å². The van der Waals surface area contributed by atoms with Crippen molar-refractivity contribution in [2.75, 3.05) is 45.1 Å². The molecule has 116 valence electrons. The minimum atomic E-state index is -3.23. The summed E-state index contributed by atoms with van der Waals surface area (Å²) in [6.45, 7) is 2.86. The zero-order valence-electron chi connectivity index (χ0n) is 11.6. The first-order valence-corrected chi connectivity index (χ1v) is 9.43. The zero-order chi connectivity index (χ0) is 14.9. The Bertz CT molecular complexity index is 588. The molecule has 2 saturated heterocycles. The molecule has 0 bridgehead atoms. The Balaban J connectivity index is 1.51. The van der Waals surface area contributed by atoms with Gasteiger partial charge < -0.3 is 9.64 Å². The third-order valence-electron chi connectivity index (χ3n) is 3.79. The maximum atomic E-state index is 12.3. The van der Waals surface area contributed by atoms with Crippen LogP contribution in [-0.4, -0.2) is 68.7 Å². The van der Waals surface area contributed by atoms with Gasteiger partial charge in [0.2, 0.25) is 10.0 Å². The molecule has 3 heterocycles. The van der Waals surface area contributed by atoms with Crippen LogP contribution >= 0.6 is 11.3 Å². The molecule has 0 atom stereocenters. The van der Waals surface area contributed by atoms with Gasteiger partial charge in [0.1, 0.15) is 0 Å². The largest absolute Gasteiger partial charge is 0.379 e. The second-order valence-corrected chi connectivity index (χ2v) is 8.30. The number of ether oxygens (including phenoxy) is 1. The number of hydrogen-bond donors (Lipinski definition) is 0. The van der Waals surface area contributed by atoms with Crippen molar-refractivity contribution in [3.8, 4) is 0 Å². The topological polar surface area (TPSA) is 66.9 Å². The monoisotopic (exact) mass is 330 g/mol. The smallest absolute Gasteiger partial charge is 0.263 e. The predicted molar refractivity (Wildman–Crippen MR) is 79.9 cm³/mol. The molecule has 2 fully saturated rings. The van der Waals surface area contributed by atoms with Crippen LogP contribution in [0.25, 0.3) is 0 Å². The summed E-state index contributed by atoms with van der Waals surface area (Å²) in [5, 5.41) is 1.87. The SMILES string of the molecule is O=C(c1cccs1)N1CC(CS(=O)(=O)N2CCOCC2)C1. The van der Waals surface area contributed by atoms with Crippen LogP contribution in [0.5, 0.6) is 0 Å². The van der Waals surface area contributed by atoms with Crippen LogP contribution in [0.3, 0.4) is 0 Å². The Morgan fingerprint density at radius 2 is 2.05 bits per heavy atom. The van der Waals surface area contributed by atoms with Crippen molar-refractivity contribution in [3.05, 3.63) is 22.4 Å². The van der Waals surface area contributed by atoms with Crippen LogP contribution in [0.2, 0.25) is 0 Å². The summed E-state index contributed by atoms with van der Waals surface area (Å²) in [5.74, 6) is 0.174. The van der Waals surface area contributed by atoms with Gasteiger partial charge in [-0.15, -0.1) is 11.3 Å². The molecule has 0 aliphatic carbocycles. The average molecular weight is 330 g/mol. The van der Waals surface area contributed by atoms with Crippen molar-refractivity contribution in [2.45, 2.75) is 0 Å². The van der Waals surface area contributed by atoms with Gasteiger partial charge in [-0.1, -0.05) is 6.07 Å². The molecule has 3 rings (SSSR count). The molecule has 0 radical (unpaired) electrons. The van der Waals surface area contributed by atoms with E-state index in [0.29, 0.717) is 44.3 Å². The van der Waals surface area contributed by atoms with E-state index in [4.69, 9.17) is 4.74 Å². The lowest BCUT2D eigenvalue weighted by atomic mass is 10.0. The molecule has 8 heteroatoms. The molecular weight excluding hydrogens is 312 g/mol. The normalized spacial score (nSPS) is 21.2. The summed E-state index contributed by atoms with van der Waals surface area (Å²) >= 11 is 1.41. The van der Waals surface area contributed by atoms with Crippen molar-refractivity contribution >= 4 is 27.3 Å². The number of hydrogen-bond acceptors (Lipinski definition) is 5. The van der Waals surface area contributed by atoms with Crippen molar-refractivity contribution in [3.63, 3.8) is 0 Å².